The van der Waals surface area contributed by atoms with Crippen molar-refractivity contribution in [2.45, 2.75) is 6.61 Å². The number of para-hydroxylation sites is 1. The van der Waals surface area contributed by atoms with E-state index in [1.165, 1.54) is 7.11 Å². The normalized spacial score (nSPS) is 10.7. The van der Waals surface area contributed by atoms with Crippen LogP contribution >= 0.6 is 0 Å². The maximum atomic E-state index is 11.2. The molecule has 0 aliphatic rings. The van der Waals surface area contributed by atoms with Crippen LogP contribution in [0.15, 0.2) is 72.8 Å². The molecule has 0 bridgehead atoms. The van der Waals surface area contributed by atoms with E-state index in [-0.39, 0.29) is 5.56 Å². The summed E-state index contributed by atoms with van der Waals surface area (Å²) >= 11 is 0. The van der Waals surface area contributed by atoms with Gasteiger partial charge in [-0.1, -0.05) is 66.7 Å². The zero-order valence-corrected chi connectivity index (χ0v) is 15.0. The Morgan fingerprint density at radius 1 is 0.926 bits per heavy atom. The second-order valence-electron chi connectivity index (χ2n) is 5.91. The molecule has 0 radical (unpaired) electrons. The van der Waals surface area contributed by atoms with Crippen LogP contribution in [0.25, 0.3) is 12.2 Å². The van der Waals surface area contributed by atoms with Gasteiger partial charge in [0.05, 0.1) is 7.11 Å². The number of rotatable bonds is 7. The molecule has 3 aromatic carbocycles. The van der Waals surface area contributed by atoms with E-state index in [0.717, 1.165) is 22.4 Å². The number of carboxylic acids is 1. The predicted molar refractivity (Wildman–Crippen MR) is 106 cm³/mol. The Balaban J connectivity index is 1.78. The van der Waals surface area contributed by atoms with E-state index in [0.29, 0.717) is 12.4 Å². The standard InChI is InChI=1S/C23H20O4/c1-26-22-15-17(12-14-20(22)23(24)25)11-13-19-9-5-6-10-21(19)27-16-18-7-3-2-4-8-18/h2-15H,16H2,1H3,(H,24,25)/b13-11+. The Labute approximate surface area is 158 Å². The molecule has 0 saturated carbocycles. The van der Waals surface area contributed by atoms with Gasteiger partial charge in [-0.25, -0.2) is 4.79 Å². The van der Waals surface area contributed by atoms with Gasteiger partial charge in [0.25, 0.3) is 0 Å². The van der Waals surface area contributed by atoms with Gasteiger partial charge in [-0.3, -0.25) is 0 Å². The molecule has 27 heavy (non-hydrogen) atoms. The van der Waals surface area contributed by atoms with E-state index < -0.39 is 5.97 Å². The molecule has 4 nitrogen and oxygen atoms in total. The molecule has 1 N–H and O–H groups in total. The number of carbonyl (C=O) groups is 1. The molecule has 136 valence electrons. The van der Waals surface area contributed by atoms with Crippen molar-refractivity contribution in [2.24, 2.45) is 0 Å². The molecule has 0 spiro atoms. The molecule has 0 saturated heterocycles. The summed E-state index contributed by atoms with van der Waals surface area (Å²) in [5.74, 6) is 0.104. The minimum atomic E-state index is -1.01. The van der Waals surface area contributed by atoms with Crippen molar-refractivity contribution >= 4 is 18.1 Å². The van der Waals surface area contributed by atoms with E-state index in [1.807, 2.05) is 66.7 Å². The van der Waals surface area contributed by atoms with Gasteiger partial charge in [-0.2, -0.15) is 0 Å². The molecule has 0 aliphatic carbocycles. The second-order valence-corrected chi connectivity index (χ2v) is 5.91. The topological polar surface area (TPSA) is 55.8 Å². The number of ether oxygens (including phenoxy) is 2. The maximum Gasteiger partial charge on any atom is 0.339 e. The smallest absolute Gasteiger partial charge is 0.339 e. The molecular formula is C23H20O4. The monoisotopic (exact) mass is 360 g/mol. The average Bonchev–Trinajstić information content (AvgIpc) is 2.71. The molecule has 0 heterocycles. The first-order chi connectivity index (χ1) is 13.2. The van der Waals surface area contributed by atoms with Crippen LogP contribution in [0.1, 0.15) is 27.0 Å². The zero-order valence-electron chi connectivity index (χ0n) is 15.0. The lowest BCUT2D eigenvalue weighted by molar-refractivity contribution is 0.0693. The summed E-state index contributed by atoms with van der Waals surface area (Å²) < 4.78 is 11.1. The Morgan fingerprint density at radius 3 is 2.41 bits per heavy atom. The van der Waals surface area contributed by atoms with Crippen molar-refractivity contribution in [2.75, 3.05) is 7.11 Å². The van der Waals surface area contributed by atoms with E-state index in [1.54, 1.807) is 18.2 Å². The molecule has 0 aliphatic heterocycles. The minimum Gasteiger partial charge on any atom is -0.496 e. The van der Waals surface area contributed by atoms with Crippen molar-refractivity contribution < 1.29 is 19.4 Å². The summed E-state index contributed by atoms with van der Waals surface area (Å²) in [7, 11) is 1.46. The van der Waals surface area contributed by atoms with Gasteiger partial charge in [0.1, 0.15) is 23.7 Å². The summed E-state index contributed by atoms with van der Waals surface area (Å²) in [6, 6.07) is 22.8. The van der Waals surface area contributed by atoms with Crippen LogP contribution in [0.3, 0.4) is 0 Å². The lowest BCUT2D eigenvalue weighted by atomic mass is 10.1. The molecule has 3 rings (SSSR count). The number of carboxylic acid groups (broad SMARTS) is 1. The molecule has 0 amide bonds. The Hall–Kier alpha value is -3.53. The van der Waals surface area contributed by atoms with Gasteiger partial charge in [0.2, 0.25) is 0 Å². The molecular weight excluding hydrogens is 340 g/mol. The lowest BCUT2D eigenvalue weighted by Crippen LogP contribution is -2.00. The van der Waals surface area contributed by atoms with Crippen LogP contribution in [0, 0.1) is 0 Å². The number of benzene rings is 3. The SMILES string of the molecule is COc1cc(/C=C/c2ccccc2OCc2ccccc2)ccc1C(=O)O. The van der Waals surface area contributed by atoms with Crippen LogP contribution in [0.5, 0.6) is 11.5 Å². The first-order valence-corrected chi connectivity index (χ1v) is 8.52. The molecule has 0 unspecified atom stereocenters. The molecule has 3 aromatic rings. The molecule has 0 atom stereocenters. The fraction of sp³-hybridized carbons (Fsp3) is 0.0870. The second kappa shape index (κ2) is 8.72. The third-order valence-corrected chi connectivity index (χ3v) is 4.07. The van der Waals surface area contributed by atoms with Crippen molar-refractivity contribution in [3.63, 3.8) is 0 Å². The third-order valence-electron chi connectivity index (χ3n) is 4.07. The predicted octanol–water partition coefficient (Wildman–Crippen LogP) is 5.14. The van der Waals surface area contributed by atoms with Gasteiger partial charge in [-0.05, 0) is 29.3 Å². The van der Waals surface area contributed by atoms with Crippen LogP contribution in [-0.2, 0) is 6.61 Å². The molecule has 4 heteroatoms. The highest BCUT2D eigenvalue weighted by Gasteiger charge is 2.10. The third kappa shape index (κ3) is 4.76. The quantitative estimate of drug-likeness (QED) is 0.593. The van der Waals surface area contributed by atoms with Crippen LogP contribution < -0.4 is 9.47 Å². The van der Waals surface area contributed by atoms with E-state index in [9.17, 15) is 9.90 Å². The van der Waals surface area contributed by atoms with Gasteiger partial charge >= 0.3 is 5.97 Å². The van der Waals surface area contributed by atoms with Crippen LogP contribution in [0.4, 0.5) is 0 Å². The summed E-state index contributed by atoms with van der Waals surface area (Å²) in [6.45, 7) is 0.493. The first kappa shape index (κ1) is 18.3. The van der Waals surface area contributed by atoms with E-state index >= 15 is 0 Å². The number of aromatic carboxylic acids is 1. The number of methoxy groups -OCH3 is 1. The van der Waals surface area contributed by atoms with Gasteiger partial charge in [-0.15, -0.1) is 0 Å². The van der Waals surface area contributed by atoms with Crippen LogP contribution in [0.2, 0.25) is 0 Å². The number of hydrogen-bond acceptors (Lipinski definition) is 3. The fourth-order valence-corrected chi connectivity index (χ4v) is 2.66. The van der Waals surface area contributed by atoms with E-state index in [2.05, 4.69) is 0 Å². The summed E-state index contributed by atoms with van der Waals surface area (Å²) in [5.41, 5.74) is 3.02. The van der Waals surface area contributed by atoms with Crippen LogP contribution in [-0.4, -0.2) is 18.2 Å². The highest BCUT2D eigenvalue weighted by molar-refractivity contribution is 5.91. The summed E-state index contributed by atoms with van der Waals surface area (Å²) in [6.07, 6.45) is 3.84. The Morgan fingerprint density at radius 2 is 1.67 bits per heavy atom. The minimum absolute atomic E-state index is 0.140. The van der Waals surface area contributed by atoms with Gasteiger partial charge < -0.3 is 14.6 Å². The highest BCUT2D eigenvalue weighted by Crippen LogP contribution is 2.24. The summed E-state index contributed by atoms with van der Waals surface area (Å²) in [5, 5.41) is 9.17. The summed E-state index contributed by atoms with van der Waals surface area (Å²) in [4.78, 5) is 11.2. The maximum absolute atomic E-state index is 11.2. The van der Waals surface area contributed by atoms with Crippen molar-refractivity contribution in [3.8, 4) is 11.5 Å². The van der Waals surface area contributed by atoms with Gasteiger partial charge in [0.15, 0.2) is 0 Å². The fourth-order valence-electron chi connectivity index (χ4n) is 2.66. The van der Waals surface area contributed by atoms with Crippen molar-refractivity contribution in [1.82, 2.24) is 0 Å². The Kier molecular flexibility index (Phi) is 5.90. The van der Waals surface area contributed by atoms with Gasteiger partial charge in [0, 0.05) is 5.56 Å². The zero-order chi connectivity index (χ0) is 19.1. The van der Waals surface area contributed by atoms with Crippen molar-refractivity contribution in [3.05, 3.63) is 95.1 Å². The largest absolute Gasteiger partial charge is 0.496 e. The number of hydrogen-bond donors (Lipinski definition) is 1. The molecule has 0 aromatic heterocycles. The lowest BCUT2D eigenvalue weighted by Gasteiger charge is -2.09. The highest BCUT2D eigenvalue weighted by atomic mass is 16.5. The average molecular weight is 360 g/mol. The van der Waals surface area contributed by atoms with E-state index in [4.69, 9.17) is 9.47 Å². The van der Waals surface area contributed by atoms with Crippen molar-refractivity contribution in [1.29, 1.82) is 0 Å². The first-order valence-electron chi connectivity index (χ1n) is 8.52. The molecule has 0 fully saturated rings. The Bertz CT molecular complexity index is 946.